The number of carbonyl (C=O) groups is 1. The number of ether oxygens (including phenoxy) is 2. The fourth-order valence-corrected chi connectivity index (χ4v) is 3.26. The number of hydrogen-bond acceptors (Lipinski definition) is 5. The zero-order valence-corrected chi connectivity index (χ0v) is 18.7. The number of rotatable bonds is 7. The lowest BCUT2D eigenvalue weighted by Crippen LogP contribution is -2.11. The molecule has 3 rings (SSSR count). The molecule has 0 atom stereocenters. The Hall–Kier alpha value is -3.23. The zero-order valence-electron chi connectivity index (χ0n) is 17.1. The molecule has 0 bridgehead atoms. The van der Waals surface area contributed by atoms with Gasteiger partial charge in [-0.05, 0) is 30.7 Å². The monoisotopic (exact) mass is 465 g/mol. The molecular formula is C21H25Cl2N5O3. The van der Waals surface area contributed by atoms with Gasteiger partial charge in [-0.25, -0.2) is 0 Å². The lowest BCUT2D eigenvalue weighted by Gasteiger charge is -2.11. The van der Waals surface area contributed by atoms with Crippen molar-refractivity contribution in [1.29, 1.82) is 10.8 Å². The van der Waals surface area contributed by atoms with Gasteiger partial charge in [0.2, 0.25) is 0 Å². The first kappa shape index (κ1) is 25.8. The number of aromatic nitrogens is 1. The Kier molecular flexibility index (Phi) is 8.90. The molecule has 166 valence electrons. The summed E-state index contributed by atoms with van der Waals surface area (Å²) in [7, 11) is 1.53. The quantitative estimate of drug-likeness (QED) is 0.205. The van der Waals surface area contributed by atoms with Crippen LogP contribution in [0.25, 0.3) is 22.2 Å². The third-order valence-electron chi connectivity index (χ3n) is 4.63. The van der Waals surface area contributed by atoms with E-state index in [1.807, 2.05) is 6.07 Å². The van der Waals surface area contributed by atoms with E-state index in [2.05, 4.69) is 4.98 Å². The predicted octanol–water partition coefficient (Wildman–Crippen LogP) is 3.36. The van der Waals surface area contributed by atoms with Crippen molar-refractivity contribution in [2.45, 2.75) is 13.3 Å². The predicted molar refractivity (Wildman–Crippen MR) is 127 cm³/mol. The molecular weight excluding hydrogens is 441 g/mol. The van der Waals surface area contributed by atoms with Crippen molar-refractivity contribution in [2.75, 3.05) is 13.7 Å². The molecule has 31 heavy (non-hydrogen) atoms. The number of carbonyl (C=O) groups excluding carboxylic acids is 1. The van der Waals surface area contributed by atoms with Crippen LogP contribution in [-0.4, -0.2) is 36.3 Å². The van der Waals surface area contributed by atoms with Crippen molar-refractivity contribution in [3.8, 4) is 17.0 Å². The van der Waals surface area contributed by atoms with Gasteiger partial charge in [-0.3, -0.25) is 15.6 Å². The molecule has 0 aliphatic heterocycles. The van der Waals surface area contributed by atoms with E-state index >= 15 is 0 Å². The summed E-state index contributed by atoms with van der Waals surface area (Å²) in [5.41, 5.74) is 15.2. The summed E-state index contributed by atoms with van der Waals surface area (Å²) >= 11 is 0. The lowest BCUT2D eigenvalue weighted by atomic mass is 10.00. The maximum atomic E-state index is 12.2. The summed E-state index contributed by atoms with van der Waals surface area (Å²) in [6, 6.07) is 10.5. The van der Waals surface area contributed by atoms with Gasteiger partial charge in [0.15, 0.2) is 0 Å². The van der Waals surface area contributed by atoms with Gasteiger partial charge < -0.3 is 25.9 Å². The molecule has 1 aromatic heterocycles. The second-order valence-corrected chi connectivity index (χ2v) is 6.46. The number of methoxy groups -OCH3 is 1. The van der Waals surface area contributed by atoms with Crippen molar-refractivity contribution in [2.24, 2.45) is 11.5 Å². The van der Waals surface area contributed by atoms with Crippen LogP contribution < -0.4 is 16.2 Å². The molecule has 0 saturated heterocycles. The minimum absolute atomic E-state index is 0. The van der Waals surface area contributed by atoms with E-state index in [1.165, 1.54) is 7.11 Å². The Balaban J connectivity index is 0.00000240. The molecule has 2 aromatic carbocycles. The van der Waals surface area contributed by atoms with Crippen LogP contribution in [0.2, 0.25) is 0 Å². The lowest BCUT2D eigenvalue weighted by molar-refractivity contribution is -0.142. The highest BCUT2D eigenvalue weighted by molar-refractivity contribution is 6.02. The maximum Gasteiger partial charge on any atom is 0.310 e. The number of nitrogens with one attached hydrogen (secondary N) is 3. The summed E-state index contributed by atoms with van der Waals surface area (Å²) in [4.78, 5) is 15.6. The molecule has 0 amide bonds. The third-order valence-corrected chi connectivity index (χ3v) is 4.63. The van der Waals surface area contributed by atoms with E-state index in [1.54, 1.807) is 37.3 Å². The van der Waals surface area contributed by atoms with Gasteiger partial charge in [-0.15, -0.1) is 24.8 Å². The van der Waals surface area contributed by atoms with Crippen LogP contribution in [0.3, 0.4) is 0 Å². The van der Waals surface area contributed by atoms with Crippen LogP contribution in [0.4, 0.5) is 0 Å². The average molecular weight is 466 g/mol. The van der Waals surface area contributed by atoms with Crippen molar-refractivity contribution in [3.63, 3.8) is 0 Å². The van der Waals surface area contributed by atoms with E-state index in [0.717, 1.165) is 22.0 Å². The highest BCUT2D eigenvalue weighted by atomic mass is 35.5. The standard InChI is InChI=1S/C21H23N5O3.2ClH/c1-3-29-18(27)10-15-13-6-4-11(20(22)23)8-16(13)26-19(15)14-7-5-12(21(24)25)9-17(14)28-2;;/h4-9,26H,3,10H2,1-2H3,(H3,22,23)(H3,24,25);2*1H. The zero-order chi connectivity index (χ0) is 21.1. The largest absolute Gasteiger partial charge is 0.496 e. The van der Waals surface area contributed by atoms with Gasteiger partial charge in [0.1, 0.15) is 17.4 Å². The molecule has 0 spiro atoms. The second kappa shape index (κ2) is 10.7. The second-order valence-electron chi connectivity index (χ2n) is 6.46. The first-order chi connectivity index (χ1) is 13.8. The number of nitrogens with two attached hydrogens (primary N) is 2. The summed E-state index contributed by atoms with van der Waals surface area (Å²) in [5, 5.41) is 16.1. The van der Waals surface area contributed by atoms with Gasteiger partial charge >= 0.3 is 5.97 Å². The van der Waals surface area contributed by atoms with Crippen LogP contribution in [0, 0.1) is 10.8 Å². The Bertz CT molecular complexity index is 1130. The summed E-state index contributed by atoms with van der Waals surface area (Å²) < 4.78 is 10.7. The molecule has 0 unspecified atom stereocenters. The number of esters is 1. The van der Waals surface area contributed by atoms with E-state index in [-0.39, 0.29) is 48.9 Å². The molecule has 0 aliphatic rings. The molecule has 0 radical (unpaired) electrons. The molecule has 0 aliphatic carbocycles. The van der Waals surface area contributed by atoms with Gasteiger partial charge in [-0.2, -0.15) is 0 Å². The number of halogens is 2. The fraction of sp³-hybridized carbons (Fsp3) is 0.190. The average Bonchev–Trinajstić information content (AvgIpc) is 3.04. The summed E-state index contributed by atoms with van der Waals surface area (Å²) in [6.07, 6.45) is 0.0696. The number of H-pyrrole nitrogens is 1. The number of aromatic amines is 1. The number of fused-ring (bicyclic) bond motifs is 1. The Morgan fingerprint density at radius 1 is 1.03 bits per heavy atom. The first-order valence-electron chi connectivity index (χ1n) is 9.03. The van der Waals surface area contributed by atoms with Crippen LogP contribution >= 0.6 is 24.8 Å². The number of benzene rings is 2. The highest BCUT2D eigenvalue weighted by Crippen LogP contribution is 2.37. The van der Waals surface area contributed by atoms with E-state index in [4.69, 9.17) is 31.8 Å². The van der Waals surface area contributed by atoms with Crippen LogP contribution in [0.1, 0.15) is 23.6 Å². The third kappa shape index (κ3) is 5.28. The molecule has 1 heterocycles. The number of amidine groups is 2. The highest BCUT2D eigenvalue weighted by Gasteiger charge is 2.20. The smallest absolute Gasteiger partial charge is 0.310 e. The minimum Gasteiger partial charge on any atom is -0.496 e. The van der Waals surface area contributed by atoms with Crippen molar-refractivity contribution >= 4 is 53.4 Å². The maximum absolute atomic E-state index is 12.2. The van der Waals surface area contributed by atoms with Crippen LogP contribution in [0.5, 0.6) is 5.75 Å². The molecule has 7 N–H and O–H groups in total. The van der Waals surface area contributed by atoms with Crippen molar-refractivity contribution in [1.82, 2.24) is 4.98 Å². The van der Waals surface area contributed by atoms with Crippen molar-refractivity contribution < 1.29 is 14.3 Å². The molecule has 8 nitrogen and oxygen atoms in total. The van der Waals surface area contributed by atoms with Crippen LogP contribution in [0.15, 0.2) is 36.4 Å². The van der Waals surface area contributed by atoms with Gasteiger partial charge in [0.25, 0.3) is 0 Å². The number of hydrogen-bond donors (Lipinski definition) is 5. The molecule has 10 heteroatoms. The SMILES string of the molecule is CCOC(=O)Cc1c(-c2ccc(C(=N)N)cc2OC)[nH]c2cc(C(=N)N)ccc12.Cl.Cl. The Morgan fingerprint density at radius 3 is 2.23 bits per heavy atom. The normalized spacial score (nSPS) is 10.0. The van der Waals surface area contributed by atoms with Crippen molar-refractivity contribution in [3.05, 3.63) is 53.1 Å². The minimum atomic E-state index is -0.343. The Morgan fingerprint density at radius 2 is 1.65 bits per heavy atom. The molecule has 3 aromatic rings. The van der Waals surface area contributed by atoms with Gasteiger partial charge in [0, 0.05) is 27.6 Å². The van der Waals surface area contributed by atoms with Gasteiger partial charge in [0.05, 0.1) is 25.8 Å². The fourth-order valence-electron chi connectivity index (χ4n) is 3.26. The van der Waals surface area contributed by atoms with Gasteiger partial charge in [-0.1, -0.05) is 18.2 Å². The molecule has 0 fully saturated rings. The van der Waals surface area contributed by atoms with E-state index in [0.29, 0.717) is 29.2 Å². The summed E-state index contributed by atoms with van der Waals surface area (Å²) in [6.45, 7) is 2.05. The topological polar surface area (TPSA) is 151 Å². The molecule has 0 saturated carbocycles. The number of nitrogen functional groups attached to an aromatic ring is 2. The first-order valence-corrected chi connectivity index (χ1v) is 9.03. The van der Waals surface area contributed by atoms with E-state index < -0.39 is 0 Å². The van der Waals surface area contributed by atoms with E-state index in [9.17, 15) is 4.79 Å². The van der Waals surface area contributed by atoms with Crippen LogP contribution in [-0.2, 0) is 16.0 Å². The summed E-state index contributed by atoms with van der Waals surface area (Å²) in [5.74, 6) is 0.0634. The Labute approximate surface area is 192 Å².